The van der Waals surface area contributed by atoms with Gasteiger partial charge in [0.2, 0.25) is 5.91 Å². The van der Waals surface area contributed by atoms with E-state index in [1.807, 2.05) is 0 Å². The molecule has 2 aliphatic heterocycles. The number of likely N-dealkylation sites (tertiary alicyclic amines) is 1. The van der Waals surface area contributed by atoms with Crippen LogP contribution >= 0.6 is 11.6 Å². The van der Waals surface area contributed by atoms with Crippen LogP contribution in [0.1, 0.15) is 23.2 Å². The second-order valence-corrected chi connectivity index (χ2v) is 5.84. The van der Waals surface area contributed by atoms with Crippen LogP contribution in [0.15, 0.2) is 24.3 Å². The minimum atomic E-state index is -0.0779. The maximum atomic E-state index is 12.5. The highest BCUT2D eigenvalue weighted by Gasteiger charge is 2.33. The molecule has 2 amide bonds. The second-order valence-electron chi connectivity index (χ2n) is 5.40. The zero-order valence-electron chi connectivity index (χ0n) is 11.5. The van der Waals surface area contributed by atoms with Gasteiger partial charge in [0.25, 0.3) is 5.91 Å². The van der Waals surface area contributed by atoms with Crippen molar-refractivity contribution < 1.29 is 14.3 Å². The standard InChI is InChI=1S/C15H17ClN2O3/c16-11-3-1-2-10(8-11)15(20)18-6-4-12-13(5-7-18)21-9-14(19)17-12/h1-3,8,12-13H,4-7,9H2,(H,17,19)/t12-,13-/m0/s1. The van der Waals surface area contributed by atoms with Crippen molar-refractivity contribution in [2.75, 3.05) is 19.7 Å². The van der Waals surface area contributed by atoms with Gasteiger partial charge in [0.15, 0.2) is 0 Å². The third-order valence-electron chi connectivity index (χ3n) is 3.98. The second kappa shape index (κ2) is 6.03. The van der Waals surface area contributed by atoms with Gasteiger partial charge in [-0.1, -0.05) is 17.7 Å². The van der Waals surface area contributed by atoms with Gasteiger partial charge < -0.3 is 15.0 Å². The van der Waals surface area contributed by atoms with E-state index in [2.05, 4.69) is 5.32 Å². The number of ether oxygens (including phenoxy) is 1. The summed E-state index contributed by atoms with van der Waals surface area (Å²) in [5.74, 6) is -0.103. The summed E-state index contributed by atoms with van der Waals surface area (Å²) in [4.78, 5) is 25.7. The fourth-order valence-electron chi connectivity index (χ4n) is 2.88. The first-order valence-corrected chi connectivity index (χ1v) is 7.47. The van der Waals surface area contributed by atoms with Gasteiger partial charge in [-0.25, -0.2) is 0 Å². The summed E-state index contributed by atoms with van der Waals surface area (Å²) in [6, 6.07) is 6.98. The summed E-state index contributed by atoms with van der Waals surface area (Å²) >= 11 is 5.94. The Kier molecular flexibility index (Phi) is 4.12. The Bertz CT molecular complexity index is 564. The molecule has 0 unspecified atom stereocenters. The van der Waals surface area contributed by atoms with Crippen molar-refractivity contribution >= 4 is 23.4 Å². The molecule has 112 valence electrons. The Hall–Kier alpha value is -1.59. The van der Waals surface area contributed by atoms with Crippen LogP contribution in [-0.4, -0.2) is 48.6 Å². The van der Waals surface area contributed by atoms with Crippen LogP contribution in [0.5, 0.6) is 0 Å². The quantitative estimate of drug-likeness (QED) is 0.854. The minimum Gasteiger partial charge on any atom is -0.366 e. The van der Waals surface area contributed by atoms with Crippen LogP contribution in [0.2, 0.25) is 5.02 Å². The molecule has 0 bridgehead atoms. The molecule has 1 N–H and O–H groups in total. The number of nitrogens with zero attached hydrogens (tertiary/aromatic N) is 1. The summed E-state index contributed by atoms with van der Waals surface area (Å²) in [5, 5.41) is 3.50. The van der Waals surface area contributed by atoms with E-state index in [0.717, 1.165) is 6.42 Å². The summed E-state index contributed by atoms with van der Waals surface area (Å²) in [6.45, 7) is 1.35. The van der Waals surface area contributed by atoms with E-state index in [1.165, 1.54) is 0 Å². The lowest BCUT2D eigenvalue weighted by atomic mass is 10.0. The molecular weight excluding hydrogens is 292 g/mol. The number of hydrogen-bond donors (Lipinski definition) is 1. The first-order valence-electron chi connectivity index (χ1n) is 7.09. The molecule has 0 spiro atoms. The predicted molar refractivity (Wildman–Crippen MR) is 78.3 cm³/mol. The first-order chi connectivity index (χ1) is 10.1. The maximum Gasteiger partial charge on any atom is 0.253 e. The van der Waals surface area contributed by atoms with E-state index in [1.54, 1.807) is 29.2 Å². The molecule has 6 heteroatoms. The zero-order chi connectivity index (χ0) is 14.8. The van der Waals surface area contributed by atoms with Crippen LogP contribution in [0.4, 0.5) is 0 Å². The molecule has 21 heavy (non-hydrogen) atoms. The fraction of sp³-hybridized carbons (Fsp3) is 0.467. The smallest absolute Gasteiger partial charge is 0.253 e. The lowest BCUT2D eigenvalue weighted by Crippen LogP contribution is -2.51. The molecule has 1 aromatic rings. The van der Waals surface area contributed by atoms with Crippen molar-refractivity contribution in [1.82, 2.24) is 10.2 Å². The van der Waals surface area contributed by atoms with E-state index in [4.69, 9.17) is 16.3 Å². The number of fused-ring (bicyclic) bond motifs is 1. The molecule has 0 radical (unpaired) electrons. The molecule has 5 nitrogen and oxygen atoms in total. The number of benzene rings is 1. The molecular formula is C15H17ClN2O3. The number of amides is 2. The van der Waals surface area contributed by atoms with Gasteiger partial charge in [0, 0.05) is 23.7 Å². The summed E-state index contributed by atoms with van der Waals surface area (Å²) in [6.07, 6.45) is 1.44. The molecule has 0 aromatic heterocycles. The van der Waals surface area contributed by atoms with Gasteiger partial charge in [0.1, 0.15) is 6.61 Å². The molecule has 1 aromatic carbocycles. The fourth-order valence-corrected chi connectivity index (χ4v) is 3.07. The average Bonchev–Trinajstić information content (AvgIpc) is 2.68. The highest BCUT2D eigenvalue weighted by Crippen LogP contribution is 2.20. The zero-order valence-corrected chi connectivity index (χ0v) is 12.3. The summed E-state index contributed by atoms with van der Waals surface area (Å²) in [5.41, 5.74) is 0.595. The van der Waals surface area contributed by atoms with Crippen molar-refractivity contribution in [2.45, 2.75) is 25.0 Å². The Morgan fingerprint density at radius 3 is 2.95 bits per heavy atom. The van der Waals surface area contributed by atoms with Crippen molar-refractivity contribution in [3.05, 3.63) is 34.9 Å². The Morgan fingerprint density at radius 1 is 1.33 bits per heavy atom. The average molecular weight is 309 g/mol. The van der Waals surface area contributed by atoms with Gasteiger partial charge in [-0.05, 0) is 31.0 Å². The molecule has 2 fully saturated rings. The van der Waals surface area contributed by atoms with Gasteiger partial charge in [0.05, 0.1) is 12.1 Å². The topological polar surface area (TPSA) is 58.6 Å². The Balaban J connectivity index is 1.70. The number of nitrogens with one attached hydrogen (secondary N) is 1. The minimum absolute atomic E-state index is 0.000128. The number of rotatable bonds is 1. The van der Waals surface area contributed by atoms with Crippen molar-refractivity contribution in [3.63, 3.8) is 0 Å². The molecule has 0 saturated carbocycles. The van der Waals surface area contributed by atoms with Crippen LogP contribution in [0, 0.1) is 0 Å². The van der Waals surface area contributed by atoms with E-state index in [9.17, 15) is 9.59 Å². The monoisotopic (exact) mass is 308 g/mol. The molecule has 2 saturated heterocycles. The van der Waals surface area contributed by atoms with Crippen LogP contribution in [-0.2, 0) is 9.53 Å². The van der Waals surface area contributed by atoms with E-state index in [-0.39, 0.29) is 30.6 Å². The third-order valence-corrected chi connectivity index (χ3v) is 4.21. The number of carbonyl (C=O) groups excluding carboxylic acids is 2. The SMILES string of the molecule is O=C1CO[C@H]2CCN(C(=O)c3cccc(Cl)c3)CC[C@@H]2N1. The molecule has 0 aliphatic carbocycles. The molecule has 3 rings (SSSR count). The van der Waals surface area contributed by atoms with E-state index < -0.39 is 0 Å². The largest absolute Gasteiger partial charge is 0.366 e. The van der Waals surface area contributed by atoms with Gasteiger partial charge in [-0.2, -0.15) is 0 Å². The van der Waals surface area contributed by atoms with Crippen LogP contribution in [0.25, 0.3) is 0 Å². The van der Waals surface area contributed by atoms with Crippen molar-refractivity contribution in [2.24, 2.45) is 0 Å². The highest BCUT2D eigenvalue weighted by atomic mass is 35.5. The van der Waals surface area contributed by atoms with Gasteiger partial charge in [-0.15, -0.1) is 0 Å². The molecule has 2 atom stereocenters. The predicted octanol–water partition coefficient (Wildman–Crippen LogP) is 1.46. The molecule has 2 heterocycles. The van der Waals surface area contributed by atoms with Crippen molar-refractivity contribution in [1.29, 1.82) is 0 Å². The number of morpholine rings is 1. The highest BCUT2D eigenvalue weighted by molar-refractivity contribution is 6.30. The lowest BCUT2D eigenvalue weighted by molar-refractivity contribution is -0.136. The summed E-state index contributed by atoms with van der Waals surface area (Å²) in [7, 11) is 0. The number of hydrogen-bond acceptors (Lipinski definition) is 3. The third kappa shape index (κ3) is 3.19. The van der Waals surface area contributed by atoms with Crippen LogP contribution in [0.3, 0.4) is 0 Å². The normalized spacial score (nSPS) is 25.8. The van der Waals surface area contributed by atoms with Gasteiger partial charge in [-0.3, -0.25) is 9.59 Å². The summed E-state index contributed by atoms with van der Waals surface area (Å²) < 4.78 is 5.56. The number of halogens is 1. The van der Waals surface area contributed by atoms with Crippen molar-refractivity contribution in [3.8, 4) is 0 Å². The lowest BCUT2D eigenvalue weighted by Gasteiger charge is -2.30. The van der Waals surface area contributed by atoms with E-state index in [0.29, 0.717) is 30.1 Å². The Labute approximate surface area is 128 Å². The van der Waals surface area contributed by atoms with Crippen LogP contribution < -0.4 is 5.32 Å². The Morgan fingerprint density at radius 2 is 2.14 bits per heavy atom. The van der Waals surface area contributed by atoms with E-state index >= 15 is 0 Å². The maximum absolute atomic E-state index is 12.5. The number of carbonyl (C=O) groups is 2. The first kappa shape index (κ1) is 14.4. The molecule has 2 aliphatic rings. The van der Waals surface area contributed by atoms with Gasteiger partial charge >= 0.3 is 0 Å².